The Bertz CT molecular complexity index is 1420. The van der Waals surface area contributed by atoms with E-state index in [0.29, 0.717) is 17.6 Å². The number of carbonyl (C=O) groups excluding carboxylic acids is 1. The molecular formula is C35H31O3S+. The van der Waals surface area contributed by atoms with Crippen LogP contribution >= 0.6 is 0 Å². The summed E-state index contributed by atoms with van der Waals surface area (Å²) in [6, 6.07) is 39.0. The third-order valence-corrected chi connectivity index (χ3v) is 9.89. The van der Waals surface area contributed by atoms with Crippen molar-refractivity contribution in [3.63, 3.8) is 0 Å². The maximum atomic E-state index is 13.0. The molecule has 0 aliphatic heterocycles. The lowest BCUT2D eigenvalue weighted by molar-refractivity contribution is -0.160. The highest BCUT2D eigenvalue weighted by Crippen LogP contribution is 2.52. The first kappa shape index (κ1) is 25.3. The van der Waals surface area contributed by atoms with Crippen molar-refractivity contribution in [1.82, 2.24) is 0 Å². The summed E-state index contributed by atoms with van der Waals surface area (Å²) in [4.78, 5) is 16.7. The van der Waals surface area contributed by atoms with E-state index in [2.05, 4.69) is 72.5 Å². The van der Waals surface area contributed by atoms with Gasteiger partial charge in [-0.15, -0.1) is 0 Å². The molecule has 3 atom stereocenters. The molecule has 2 saturated carbocycles. The molecule has 0 N–H and O–H groups in total. The van der Waals surface area contributed by atoms with E-state index in [0.717, 1.165) is 24.8 Å². The average molecular weight is 532 g/mol. The largest absolute Gasteiger partial charge is 0.482 e. The molecule has 194 valence electrons. The van der Waals surface area contributed by atoms with Crippen molar-refractivity contribution in [2.45, 2.75) is 46.0 Å². The Morgan fingerprint density at radius 3 is 1.92 bits per heavy atom. The molecule has 2 bridgehead atoms. The van der Waals surface area contributed by atoms with Gasteiger partial charge in [-0.25, -0.2) is 4.79 Å². The molecular weight excluding hydrogens is 500 g/mol. The Balaban J connectivity index is 1.14. The van der Waals surface area contributed by atoms with Gasteiger partial charge in [-0.1, -0.05) is 60.5 Å². The van der Waals surface area contributed by atoms with E-state index in [9.17, 15) is 4.79 Å². The molecule has 4 aromatic rings. The van der Waals surface area contributed by atoms with E-state index >= 15 is 0 Å². The smallest absolute Gasteiger partial charge is 0.345 e. The quantitative estimate of drug-likeness (QED) is 0.142. The highest BCUT2D eigenvalue weighted by atomic mass is 32.2. The van der Waals surface area contributed by atoms with Crippen LogP contribution in [0, 0.1) is 23.7 Å². The summed E-state index contributed by atoms with van der Waals surface area (Å²) in [5.74, 6) is 7.82. The number of hydrogen-bond acceptors (Lipinski definition) is 3. The molecule has 0 heterocycles. The van der Waals surface area contributed by atoms with Gasteiger partial charge in [0.25, 0.3) is 0 Å². The van der Waals surface area contributed by atoms with Crippen LogP contribution in [0.2, 0.25) is 0 Å². The van der Waals surface area contributed by atoms with Crippen LogP contribution in [-0.2, 0) is 20.4 Å². The Kier molecular flexibility index (Phi) is 7.43. The van der Waals surface area contributed by atoms with Crippen molar-refractivity contribution in [3.05, 3.63) is 121 Å². The van der Waals surface area contributed by atoms with Gasteiger partial charge in [0.1, 0.15) is 5.75 Å². The first-order valence-electron chi connectivity index (χ1n) is 13.6. The maximum Gasteiger partial charge on any atom is 0.345 e. The summed E-state index contributed by atoms with van der Waals surface area (Å²) >= 11 is 0. The zero-order valence-corrected chi connectivity index (χ0v) is 22.6. The number of hydrogen-bond donors (Lipinski definition) is 0. The van der Waals surface area contributed by atoms with Crippen LogP contribution in [0.25, 0.3) is 0 Å². The van der Waals surface area contributed by atoms with Gasteiger partial charge in [-0.05, 0) is 91.8 Å². The summed E-state index contributed by atoms with van der Waals surface area (Å²) in [6.07, 6.45) is 4.17. The van der Waals surface area contributed by atoms with Gasteiger partial charge in [-0.3, -0.25) is 0 Å². The average Bonchev–Trinajstić information content (AvgIpc) is 3.60. The lowest BCUT2D eigenvalue weighted by Gasteiger charge is -2.32. The Labute approximate surface area is 233 Å². The maximum absolute atomic E-state index is 13.0. The SMILES string of the molecule is O=C(COc1ccc([S+](c2ccccc2)c2ccccc2)cc1)OC1(C#Cc2ccccc2)CC2CCC1C2. The third-order valence-electron chi connectivity index (χ3n) is 7.65. The molecule has 2 aliphatic rings. The number of benzene rings is 4. The van der Waals surface area contributed by atoms with Crippen molar-refractivity contribution in [2.24, 2.45) is 11.8 Å². The fraction of sp³-hybridized carbons (Fsp3) is 0.229. The molecule has 0 saturated heterocycles. The van der Waals surface area contributed by atoms with Crippen molar-refractivity contribution >= 4 is 16.9 Å². The lowest BCUT2D eigenvalue weighted by atomic mass is 9.84. The van der Waals surface area contributed by atoms with E-state index in [4.69, 9.17) is 9.47 Å². The first-order chi connectivity index (χ1) is 19.2. The van der Waals surface area contributed by atoms with Crippen LogP contribution < -0.4 is 4.74 Å². The number of esters is 1. The first-order valence-corrected chi connectivity index (χ1v) is 14.8. The van der Waals surface area contributed by atoms with Crippen molar-refractivity contribution in [3.8, 4) is 17.6 Å². The monoisotopic (exact) mass is 531 g/mol. The van der Waals surface area contributed by atoms with E-state index in [1.807, 2.05) is 54.6 Å². The predicted octanol–water partition coefficient (Wildman–Crippen LogP) is 7.31. The van der Waals surface area contributed by atoms with E-state index in [-0.39, 0.29) is 23.5 Å². The Morgan fingerprint density at radius 1 is 0.769 bits per heavy atom. The highest BCUT2D eigenvalue weighted by molar-refractivity contribution is 7.97. The number of carbonyl (C=O) groups is 1. The van der Waals surface area contributed by atoms with Crippen LogP contribution in [0.15, 0.2) is 130 Å². The highest BCUT2D eigenvalue weighted by Gasteiger charge is 2.53. The lowest BCUT2D eigenvalue weighted by Crippen LogP contribution is -2.40. The second-order valence-electron chi connectivity index (χ2n) is 10.3. The fourth-order valence-corrected chi connectivity index (χ4v) is 7.93. The van der Waals surface area contributed by atoms with Gasteiger partial charge in [0.05, 0.1) is 10.9 Å². The summed E-state index contributed by atoms with van der Waals surface area (Å²) in [7, 11) is -0.226. The van der Waals surface area contributed by atoms with Crippen molar-refractivity contribution < 1.29 is 14.3 Å². The van der Waals surface area contributed by atoms with Gasteiger partial charge >= 0.3 is 5.97 Å². The molecule has 3 unspecified atom stereocenters. The summed E-state index contributed by atoms with van der Waals surface area (Å²) in [5.41, 5.74) is 0.236. The van der Waals surface area contributed by atoms with Crippen LogP contribution in [0.1, 0.15) is 31.2 Å². The third kappa shape index (κ3) is 5.75. The van der Waals surface area contributed by atoms with E-state index < -0.39 is 5.60 Å². The standard InChI is InChI=1S/C35H31O3S/c36-34(38-35(25-28-16-17-29(35)24-28)23-22-27-10-4-1-5-11-27)26-37-30-18-20-33(21-19-30)39(31-12-6-2-7-13-31)32-14-8-3-9-15-32/h1-15,18-21,28-29H,16-17,24-26H2/q+1. The summed E-state index contributed by atoms with van der Waals surface area (Å²) in [6.45, 7) is -0.130. The van der Waals surface area contributed by atoms with E-state index in [1.165, 1.54) is 21.1 Å². The molecule has 0 spiro atoms. The molecule has 4 heteroatoms. The zero-order chi connectivity index (χ0) is 26.5. The molecule has 2 aliphatic carbocycles. The number of rotatable bonds is 7. The molecule has 0 aromatic heterocycles. The molecule has 39 heavy (non-hydrogen) atoms. The topological polar surface area (TPSA) is 35.5 Å². The normalized spacial score (nSPS) is 21.3. The van der Waals surface area contributed by atoms with Crippen LogP contribution in [-0.4, -0.2) is 18.2 Å². The zero-order valence-electron chi connectivity index (χ0n) is 21.8. The number of ether oxygens (including phenoxy) is 2. The second-order valence-corrected chi connectivity index (χ2v) is 12.3. The van der Waals surface area contributed by atoms with Gasteiger partial charge in [0.15, 0.2) is 26.9 Å². The van der Waals surface area contributed by atoms with Gasteiger partial charge in [-0.2, -0.15) is 0 Å². The minimum Gasteiger partial charge on any atom is -0.482 e. The van der Waals surface area contributed by atoms with Crippen LogP contribution in [0.3, 0.4) is 0 Å². The van der Waals surface area contributed by atoms with E-state index in [1.54, 1.807) is 0 Å². The minimum absolute atomic E-state index is 0.130. The Morgan fingerprint density at radius 2 is 1.36 bits per heavy atom. The predicted molar refractivity (Wildman–Crippen MR) is 155 cm³/mol. The van der Waals surface area contributed by atoms with Gasteiger partial charge in [0, 0.05) is 17.9 Å². The minimum atomic E-state index is -0.706. The molecule has 2 fully saturated rings. The second kappa shape index (κ2) is 11.4. The molecule has 0 radical (unpaired) electrons. The fourth-order valence-electron chi connectivity index (χ4n) is 5.85. The molecule has 6 rings (SSSR count). The van der Waals surface area contributed by atoms with Gasteiger partial charge in [0.2, 0.25) is 0 Å². The molecule has 4 aromatic carbocycles. The van der Waals surface area contributed by atoms with Crippen molar-refractivity contribution in [1.29, 1.82) is 0 Å². The summed E-state index contributed by atoms with van der Waals surface area (Å²) < 4.78 is 12.0. The van der Waals surface area contributed by atoms with Gasteiger partial charge < -0.3 is 9.47 Å². The van der Waals surface area contributed by atoms with Crippen molar-refractivity contribution in [2.75, 3.05) is 6.61 Å². The molecule has 3 nitrogen and oxygen atoms in total. The number of fused-ring (bicyclic) bond motifs is 2. The Hall–Kier alpha value is -3.94. The molecule has 0 amide bonds. The van der Waals surface area contributed by atoms with Crippen LogP contribution in [0.4, 0.5) is 0 Å². The van der Waals surface area contributed by atoms with Crippen LogP contribution in [0.5, 0.6) is 5.75 Å². The summed E-state index contributed by atoms with van der Waals surface area (Å²) in [5, 5.41) is 0.